The second-order valence-electron chi connectivity index (χ2n) is 6.46. The quantitative estimate of drug-likeness (QED) is 0.911. The number of carbonyl (C=O) groups excluding carboxylic acids is 1. The van der Waals surface area contributed by atoms with Gasteiger partial charge in [-0.15, -0.1) is 0 Å². The Bertz CT molecular complexity index is 850. The van der Waals surface area contributed by atoms with Crippen molar-refractivity contribution >= 4 is 21.6 Å². The summed E-state index contributed by atoms with van der Waals surface area (Å²) in [5.41, 5.74) is 0.700. The number of anilines is 1. The summed E-state index contributed by atoms with van der Waals surface area (Å²) in [5, 5.41) is 0. The average Bonchev–Trinajstić information content (AvgIpc) is 2.62. The lowest BCUT2D eigenvalue weighted by Crippen LogP contribution is -2.39. The van der Waals surface area contributed by atoms with Gasteiger partial charge in [-0.05, 0) is 43.0 Å². The topological polar surface area (TPSA) is 66.5 Å². The van der Waals surface area contributed by atoms with Crippen molar-refractivity contribution < 1.29 is 13.2 Å². The highest BCUT2D eigenvalue weighted by atomic mass is 32.2. The third-order valence-electron chi connectivity index (χ3n) is 4.40. The Balaban J connectivity index is 1.87. The standard InChI is InChI=1S/C19H22N2O3S/c1-15-8-7-13-21(14-15)19(22)17-11-5-6-12-18(17)20-25(23,24)16-9-3-2-4-10-16/h2-6,9-12,15,20H,7-8,13-14H2,1H3/t15-/m0/s1. The molecule has 1 aliphatic heterocycles. The van der Waals surface area contributed by atoms with Crippen LogP contribution in [-0.2, 0) is 10.0 Å². The van der Waals surface area contributed by atoms with E-state index in [2.05, 4.69) is 11.6 Å². The molecule has 3 rings (SSSR count). The number of nitrogens with zero attached hydrogens (tertiary/aromatic N) is 1. The fourth-order valence-electron chi connectivity index (χ4n) is 3.11. The minimum absolute atomic E-state index is 0.127. The Kier molecular flexibility index (Phi) is 5.08. The van der Waals surface area contributed by atoms with Gasteiger partial charge in [0, 0.05) is 13.1 Å². The molecule has 1 heterocycles. The van der Waals surface area contributed by atoms with Gasteiger partial charge in [0.2, 0.25) is 0 Å². The molecule has 132 valence electrons. The fraction of sp³-hybridized carbons (Fsp3) is 0.316. The van der Waals surface area contributed by atoms with Gasteiger partial charge in [0.15, 0.2) is 0 Å². The smallest absolute Gasteiger partial charge is 0.261 e. The van der Waals surface area contributed by atoms with Gasteiger partial charge in [0.1, 0.15) is 0 Å². The summed E-state index contributed by atoms with van der Waals surface area (Å²) in [7, 11) is -3.73. The molecule has 1 saturated heterocycles. The number of benzene rings is 2. The number of sulfonamides is 1. The molecular formula is C19H22N2O3S. The third kappa shape index (κ3) is 4.02. The molecule has 1 amide bonds. The van der Waals surface area contributed by atoms with Crippen LogP contribution in [-0.4, -0.2) is 32.3 Å². The van der Waals surface area contributed by atoms with E-state index in [-0.39, 0.29) is 10.8 Å². The highest BCUT2D eigenvalue weighted by Gasteiger charge is 2.25. The number of amides is 1. The molecule has 6 heteroatoms. The van der Waals surface area contributed by atoms with Crippen LogP contribution in [0.25, 0.3) is 0 Å². The van der Waals surface area contributed by atoms with E-state index in [4.69, 9.17) is 0 Å². The first-order chi connectivity index (χ1) is 12.0. The zero-order valence-corrected chi connectivity index (χ0v) is 15.0. The van der Waals surface area contributed by atoms with Gasteiger partial charge >= 0.3 is 0 Å². The Morgan fingerprint density at radius 2 is 1.76 bits per heavy atom. The zero-order valence-electron chi connectivity index (χ0n) is 14.2. The van der Waals surface area contributed by atoms with E-state index >= 15 is 0 Å². The van der Waals surface area contributed by atoms with Gasteiger partial charge < -0.3 is 4.90 Å². The molecule has 5 nitrogen and oxygen atoms in total. The van der Waals surface area contributed by atoms with Crippen molar-refractivity contribution in [1.82, 2.24) is 4.90 Å². The molecule has 0 bridgehead atoms. The maximum absolute atomic E-state index is 12.9. The highest BCUT2D eigenvalue weighted by Crippen LogP contribution is 2.24. The van der Waals surface area contributed by atoms with Gasteiger partial charge in [-0.25, -0.2) is 8.42 Å². The van der Waals surface area contributed by atoms with Gasteiger partial charge in [-0.2, -0.15) is 0 Å². The lowest BCUT2D eigenvalue weighted by molar-refractivity contribution is 0.0684. The third-order valence-corrected chi connectivity index (χ3v) is 5.78. The van der Waals surface area contributed by atoms with Crippen molar-refractivity contribution in [3.8, 4) is 0 Å². The van der Waals surface area contributed by atoms with Crippen LogP contribution < -0.4 is 4.72 Å². The Labute approximate surface area is 148 Å². The molecule has 0 unspecified atom stereocenters. The van der Waals surface area contributed by atoms with Gasteiger partial charge in [0.25, 0.3) is 15.9 Å². The molecule has 25 heavy (non-hydrogen) atoms. The monoisotopic (exact) mass is 358 g/mol. The van der Waals surface area contributed by atoms with Crippen molar-refractivity contribution in [2.75, 3.05) is 17.8 Å². The normalized spacial score (nSPS) is 18.0. The number of hydrogen-bond donors (Lipinski definition) is 1. The second-order valence-corrected chi connectivity index (χ2v) is 8.15. The maximum atomic E-state index is 12.9. The summed E-state index contributed by atoms with van der Waals surface area (Å²) in [6.07, 6.45) is 2.09. The summed E-state index contributed by atoms with van der Waals surface area (Å²) in [5.74, 6) is 0.337. The second kappa shape index (κ2) is 7.27. The van der Waals surface area contributed by atoms with E-state index in [0.717, 1.165) is 12.8 Å². The van der Waals surface area contributed by atoms with Crippen molar-refractivity contribution in [1.29, 1.82) is 0 Å². The molecule has 0 aliphatic carbocycles. The summed E-state index contributed by atoms with van der Waals surface area (Å²) in [4.78, 5) is 14.9. The molecule has 0 aromatic heterocycles. The Morgan fingerprint density at radius 1 is 1.08 bits per heavy atom. The number of para-hydroxylation sites is 1. The van der Waals surface area contributed by atoms with Gasteiger partial charge in [-0.3, -0.25) is 9.52 Å². The molecule has 0 spiro atoms. The number of piperidine rings is 1. The number of nitrogens with one attached hydrogen (secondary N) is 1. The number of rotatable bonds is 4. The van der Waals surface area contributed by atoms with Crippen molar-refractivity contribution in [3.63, 3.8) is 0 Å². The van der Waals surface area contributed by atoms with Crippen LogP contribution in [0.4, 0.5) is 5.69 Å². The largest absolute Gasteiger partial charge is 0.338 e. The van der Waals surface area contributed by atoms with Crippen molar-refractivity contribution in [2.45, 2.75) is 24.7 Å². The Morgan fingerprint density at radius 3 is 2.48 bits per heavy atom. The molecule has 2 aromatic rings. The van der Waals surface area contributed by atoms with E-state index in [1.807, 2.05) is 4.90 Å². The van der Waals surface area contributed by atoms with E-state index in [0.29, 0.717) is 30.3 Å². The molecular weight excluding hydrogens is 336 g/mol. The van der Waals surface area contributed by atoms with Crippen LogP contribution >= 0.6 is 0 Å². The molecule has 1 fully saturated rings. The summed E-state index contributed by atoms with van der Waals surface area (Å²) >= 11 is 0. The summed E-state index contributed by atoms with van der Waals surface area (Å²) < 4.78 is 27.7. The average molecular weight is 358 g/mol. The van der Waals surface area contributed by atoms with Crippen LogP contribution in [0.2, 0.25) is 0 Å². The van der Waals surface area contributed by atoms with Crippen LogP contribution in [0.3, 0.4) is 0 Å². The maximum Gasteiger partial charge on any atom is 0.261 e. The summed E-state index contributed by atoms with van der Waals surface area (Å²) in [6.45, 7) is 3.55. The van der Waals surface area contributed by atoms with E-state index < -0.39 is 10.0 Å². The predicted molar refractivity (Wildman–Crippen MR) is 98.0 cm³/mol. The first kappa shape index (κ1) is 17.5. The van der Waals surface area contributed by atoms with Crippen LogP contribution in [0.15, 0.2) is 59.5 Å². The van der Waals surface area contributed by atoms with Gasteiger partial charge in [-0.1, -0.05) is 37.3 Å². The first-order valence-electron chi connectivity index (χ1n) is 8.43. The number of carbonyl (C=O) groups is 1. The SMILES string of the molecule is C[C@H]1CCCN(C(=O)c2ccccc2NS(=O)(=O)c2ccccc2)C1. The minimum Gasteiger partial charge on any atom is -0.338 e. The molecule has 2 aromatic carbocycles. The van der Waals surface area contributed by atoms with Crippen LogP contribution in [0, 0.1) is 5.92 Å². The van der Waals surface area contributed by atoms with E-state index in [1.165, 1.54) is 12.1 Å². The molecule has 1 atom stereocenters. The molecule has 1 aliphatic rings. The van der Waals surface area contributed by atoms with Crippen LogP contribution in [0.5, 0.6) is 0 Å². The minimum atomic E-state index is -3.73. The lowest BCUT2D eigenvalue weighted by Gasteiger charge is -2.31. The first-order valence-corrected chi connectivity index (χ1v) is 9.92. The summed E-state index contributed by atoms with van der Waals surface area (Å²) in [6, 6.07) is 14.9. The zero-order chi connectivity index (χ0) is 17.9. The Hall–Kier alpha value is -2.34. The van der Waals surface area contributed by atoms with E-state index in [9.17, 15) is 13.2 Å². The molecule has 1 N–H and O–H groups in total. The van der Waals surface area contributed by atoms with Crippen molar-refractivity contribution in [2.24, 2.45) is 5.92 Å². The highest BCUT2D eigenvalue weighted by molar-refractivity contribution is 7.92. The van der Waals surface area contributed by atoms with E-state index in [1.54, 1.807) is 42.5 Å². The lowest BCUT2D eigenvalue weighted by atomic mass is 9.99. The van der Waals surface area contributed by atoms with Crippen molar-refractivity contribution in [3.05, 3.63) is 60.2 Å². The molecule has 0 radical (unpaired) electrons. The number of likely N-dealkylation sites (tertiary alicyclic amines) is 1. The van der Waals surface area contributed by atoms with Gasteiger partial charge in [0.05, 0.1) is 16.1 Å². The van der Waals surface area contributed by atoms with Crippen LogP contribution in [0.1, 0.15) is 30.1 Å². The predicted octanol–water partition coefficient (Wildman–Crippen LogP) is 3.36. The number of hydrogen-bond acceptors (Lipinski definition) is 3. The molecule has 0 saturated carbocycles. The fourth-order valence-corrected chi connectivity index (χ4v) is 4.21.